The van der Waals surface area contributed by atoms with E-state index in [0.717, 1.165) is 10.6 Å². The van der Waals surface area contributed by atoms with Gasteiger partial charge in [-0.3, -0.25) is 4.57 Å². The quantitative estimate of drug-likeness (QED) is 0.737. The number of thiazole rings is 1. The van der Waals surface area contributed by atoms with Crippen molar-refractivity contribution in [1.82, 2.24) is 29.5 Å². The van der Waals surface area contributed by atoms with Crippen LogP contribution in [0.1, 0.15) is 10.6 Å². The first kappa shape index (κ1) is 13.4. The zero-order valence-corrected chi connectivity index (χ0v) is 12.4. The number of hydrogen-bond acceptors (Lipinski definition) is 8. The minimum absolute atomic E-state index is 0.497. The molecule has 0 unspecified atom stereocenters. The molecule has 0 radical (unpaired) electrons. The van der Waals surface area contributed by atoms with E-state index in [1.807, 2.05) is 12.4 Å². The molecular weight excluding hydrogens is 288 g/mol. The lowest BCUT2D eigenvalue weighted by molar-refractivity contribution is 0.891. The van der Waals surface area contributed by atoms with Crippen molar-refractivity contribution in [2.45, 2.75) is 13.5 Å². The van der Waals surface area contributed by atoms with Gasteiger partial charge in [-0.25, -0.2) is 9.97 Å². The number of anilines is 2. The fourth-order valence-electron chi connectivity index (χ4n) is 1.70. The van der Waals surface area contributed by atoms with Crippen LogP contribution >= 0.6 is 11.3 Å². The average molecular weight is 302 g/mol. The van der Waals surface area contributed by atoms with Crippen LogP contribution in [0, 0.1) is 6.92 Å². The Hall–Kier alpha value is -2.55. The van der Waals surface area contributed by atoms with Crippen molar-refractivity contribution in [3.63, 3.8) is 0 Å². The van der Waals surface area contributed by atoms with Crippen LogP contribution < -0.4 is 10.6 Å². The van der Waals surface area contributed by atoms with Gasteiger partial charge < -0.3 is 10.6 Å². The van der Waals surface area contributed by atoms with Gasteiger partial charge in [0.2, 0.25) is 17.8 Å². The molecule has 0 saturated heterocycles. The fraction of sp³-hybridized carbons (Fsp3) is 0.250. The largest absolute Gasteiger partial charge is 0.357 e. The van der Waals surface area contributed by atoms with Gasteiger partial charge in [0.1, 0.15) is 6.33 Å². The lowest BCUT2D eigenvalue weighted by Crippen LogP contribution is -2.10. The van der Waals surface area contributed by atoms with E-state index in [4.69, 9.17) is 0 Å². The highest BCUT2D eigenvalue weighted by atomic mass is 32.1. The number of aryl methyl sites for hydroxylation is 1. The normalized spacial score (nSPS) is 10.6. The second-order valence-corrected chi connectivity index (χ2v) is 5.16. The lowest BCUT2D eigenvalue weighted by Gasteiger charge is -2.08. The Kier molecular flexibility index (Phi) is 3.73. The van der Waals surface area contributed by atoms with E-state index in [1.54, 1.807) is 41.7 Å². The molecule has 0 aliphatic heterocycles. The Morgan fingerprint density at radius 2 is 2.10 bits per heavy atom. The summed E-state index contributed by atoms with van der Waals surface area (Å²) in [7, 11) is 1.77. The summed E-state index contributed by atoms with van der Waals surface area (Å²) in [6.45, 7) is 2.61. The Morgan fingerprint density at radius 1 is 1.24 bits per heavy atom. The summed E-state index contributed by atoms with van der Waals surface area (Å²) in [6.07, 6.45) is 5.11. The summed E-state index contributed by atoms with van der Waals surface area (Å²) < 4.78 is 1.73. The standard InChI is InChI=1S/C12H14N8S/c1-8-9(21-7-16-8)5-15-11-17-10(13-2)18-12(19-11)20-4-3-14-6-20/h3-4,6-7H,5H2,1-2H3,(H2,13,15,17,18,19). The molecular formula is C12H14N8S. The topological polar surface area (TPSA) is 93.4 Å². The summed E-state index contributed by atoms with van der Waals surface area (Å²) in [4.78, 5) is 22.4. The zero-order valence-electron chi connectivity index (χ0n) is 11.6. The van der Waals surface area contributed by atoms with E-state index in [2.05, 4.69) is 35.6 Å². The molecule has 0 aromatic carbocycles. The predicted octanol–water partition coefficient (Wildman–Crippen LogP) is 1.48. The van der Waals surface area contributed by atoms with Crippen LogP contribution in [0.25, 0.3) is 5.95 Å². The molecule has 108 valence electrons. The Balaban J connectivity index is 1.84. The van der Waals surface area contributed by atoms with Crippen LogP contribution in [0.15, 0.2) is 24.2 Å². The van der Waals surface area contributed by atoms with Gasteiger partial charge in [-0.05, 0) is 6.92 Å². The van der Waals surface area contributed by atoms with Gasteiger partial charge in [0.25, 0.3) is 0 Å². The third kappa shape index (κ3) is 2.97. The Labute approximate surface area is 125 Å². The SMILES string of the molecule is CNc1nc(NCc2scnc2C)nc(-n2ccnc2)n1. The van der Waals surface area contributed by atoms with Crippen molar-refractivity contribution in [3.05, 3.63) is 34.8 Å². The van der Waals surface area contributed by atoms with E-state index < -0.39 is 0 Å². The number of imidazole rings is 1. The second-order valence-electron chi connectivity index (χ2n) is 4.22. The van der Waals surface area contributed by atoms with Crippen LogP contribution in [-0.2, 0) is 6.54 Å². The zero-order chi connectivity index (χ0) is 14.7. The first-order valence-electron chi connectivity index (χ1n) is 6.31. The molecule has 0 atom stereocenters. The molecule has 0 spiro atoms. The van der Waals surface area contributed by atoms with Crippen LogP contribution in [0.3, 0.4) is 0 Å². The van der Waals surface area contributed by atoms with Crippen LogP contribution in [0.4, 0.5) is 11.9 Å². The van der Waals surface area contributed by atoms with Crippen molar-refractivity contribution in [2.24, 2.45) is 0 Å². The van der Waals surface area contributed by atoms with Gasteiger partial charge in [0.05, 0.1) is 17.7 Å². The predicted molar refractivity (Wildman–Crippen MR) is 80.7 cm³/mol. The number of nitrogens with one attached hydrogen (secondary N) is 2. The van der Waals surface area contributed by atoms with Gasteiger partial charge in [-0.2, -0.15) is 15.0 Å². The van der Waals surface area contributed by atoms with Crippen LogP contribution in [0.5, 0.6) is 0 Å². The minimum atomic E-state index is 0.497. The number of rotatable bonds is 5. The Morgan fingerprint density at radius 3 is 2.76 bits per heavy atom. The van der Waals surface area contributed by atoms with Crippen LogP contribution in [0.2, 0.25) is 0 Å². The molecule has 2 N–H and O–H groups in total. The number of hydrogen-bond donors (Lipinski definition) is 2. The highest BCUT2D eigenvalue weighted by molar-refractivity contribution is 7.09. The minimum Gasteiger partial charge on any atom is -0.357 e. The van der Waals surface area contributed by atoms with Gasteiger partial charge in [0.15, 0.2) is 0 Å². The third-order valence-electron chi connectivity index (χ3n) is 2.83. The molecule has 0 saturated carbocycles. The number of aromatic nitrogens is 6. The lowest BCUT2D eigenvalue weighted by atomic mass is 10.4. The smallest absolute Gasteiger partial charge is 0.241 e. The summed E-state index contributed by atoms with van der Waals surface area (Å²) in [6, 6.07) is 0. The highest BCUT2D eigenvalue weighted by Crippen LogP contribution is 2.14. The Bertz CT molecular complexity index is 721. The van der Waals surface area contributed by atoms with Gasteiger partial charge in [0, 0.05) is 24.3 Å². The molecule has 3 aromatic heterocycles. The first-order valence-corrected chi connectivity index (χ1v) is 7.19. The van der Waals surface area contributed by atoms with E-state index in [9.17, 15) is 0 Å². The molecule has 9 heteroatoms. The van der Waals surface area contributed by atoms with Gasteiger partial charge >= 0.3 is 0 Å². The summed E-state index contributed by atoms with van der Waals surface area (Å²) in [5.41, 5.74) is 2.85. The average Bonchev–Trinajstić information content (AvgIpc) is 3.16. The van der Waals surface area contributed by atoms with Crippen molar-refractivity contribution >= 4 is 23.2 Å². The molecule has 8 nitrogen and oxygen atoms in total. The fourth-order valence-corrected chi connectivity index (χ4v) is 2.42. The molecule has 0 aliphatic carbocycles. The molecule has 3 rings (SSSR count). The van der Waals surface area contributed by atoms with Crippen molar-refractivity contribution in [3.8, 4) is 5.95 Å². The molecule has 0 aliphatic rings. The van der Waals surface area contributed by atoms with Gasteiger partial charge in [-0.15, -0.1) is 11.3 Å². The van der Waals surface area contributed by atoms with E-state index in [-0.39, 0.29) is 0 Å². The summed E-state index contributed by atoms with van der Waals surface area (Å²) in [5, 5.41) is 6.13. The monoisotopic (exact) mass is 302 g/mol. The molecule has 0 amide bonds. The second kappa shape index (κ2) is 5.83. The third-order valence-corrected chi connectivity index (χ3v) is 3.77. The molecule has 0 fully saturated rings. The number of nitrogens with zero attached hydrogens (tertiary/aromatic N) is 6. The molecule has 3 aromatic rings. The van der Waals surface area contributed by atoms with Crippen molar-refractivity contribution in [2.75, 3.05) is 17.7 Å². The maximum atomic E-state index is 4.39. The highest BCUT2D eigenvalue weighted by Gasteiger charge is 2.08. The first-order chi connectivity index (χ1) is 10.3. The molecule has 3 heterocycles. The van der Waals surface area contributed by atoms with Crippen molar-refractivity contribution < 1.29 is 0 Å². The van der Waals surface area contributed by atoms with E-state index in [1.165, 1.54) is 0 Å². The molecule has 21 heavy (non-hydrogen) atoms. The summed E-state index contributed by atoms with van der Waals surface area (Å²) >= 11 is 1.61. The van der Waals surface area contributed by atoms with E-state index in [0.29, 0.717) is 24.4 Å². The van der Waals surface area contributed by atoms with E-state index >= 15 is 0 Å². The maximum Gasteiger partial charge on any atom is 0.241 e. The van der Waals surface area contributed by atoms with Crippen LogP contribution in [-0.4, -0.2) is 36.5 Å². The van der Waals surface area contributed by atoms with Crippen molar-refractivity contribution in [1.29, 1.82) is 0 Å². The summed E-state index contributed by atoms with van der Waals surface area (Å²) in [5.74, 6) is 1.51. The molecule has 0 bridgehead atoms. The van der Waals surface area contributed by atoms with Gasteiger partial charge in [-0.1, -0.05) is 0 Å². The maximum absolute atomic E-state index is 4.39.